The summed E-state index contributed by atoms with van der Waals surface area (Å²) in [6.45, 7) is 4.26. The first-order valence-corrected chi connectivity index (χ1v) is 7.04. The number of aromatic nitrogens is 3. The molecule has 0 atom stereocenters. The minimum atomic E-state index is 0.373. The highest BCUT2D eigenvalue weighted by Crippen LogP contribution is 2.13. The molecule has 0 aliphatic heterocycles. The monoisotopic (exact) mass is 290 g/mol. The smallest absolute Gasteiger partial charge is 0.119 e. The molecule has 21 heavy (non-hydrogen) atoms. The van der Waals surface area contributed by atoms with Crippen LogP contribution in [0.15, 0.2) is 24.3 Å². The molecule has 114 valence electrons. The average molecular weight is 290 g/mol. The number of rotatable bonds is 8. The molecule has 1 aromatic carbocycles. The first-order chi connectivity index (χ1) is 10.2. The number of nitrogens with two attached hydrogens (primary N) is 1. The molecular formula is C15H22N4O2. The molecule has 0 radical (unpaired) electrons. The Balaban J connectivity index is 1.84. The van der Waals surface area contributed by atoms with Gasteiger partial charge in [-0.1, -0.05) is 17.3 Å². The van der Waals surface area contributed by atoms with Crippen molar-refractivity contribution in [2.24, 2.45) is 5.73 Å². The second-order valence-corrected chi connectivity index (χ2v) is 4.86. The van der Waals surface area contributed by atoms with Crippen LogP contribution in [-0.2, 0) is 24.4 Å². The van der Waals surface area contributed by atoms with Gasteiger partial charge in [-0.3, -0.25) is 0 Å². The van der Waals surface area contributed by atoms with Gasteiger partial charge in [-0.2, -0.15) is 0 Å². The lowest BCUT2D eigenvalue weighted by Crippen LogP contribution is -2.11. The molecule has 0 fully saturated rings. The average Bonchev–Trinajstić information content (AvgIpc) is 2.86. The fourth-order valence-corrected chi connectivity index (χ4v) is 2.11. The highest BCUT2D eigenvalue weighted by Gasteiger charge is 2.10. The van der Waals surface area contributed by atoms with Gasteiger partial charge in [0.15, 0.2) is 0 Å². The molecule has 0 aliphatic carbocycles. The van der Waals surface area contributed by atoms with Gasteiger partial charge < -0.3 is 15.2 Å². The van der Waals surface area contributed by atoms with Crippen molar-refractivity contribution in [3.8, 4) is 5.75 Å². The summed E-state index contributed by atoms with van der Waals surface area (Å²) in [6.07, 6.45) is 0.845. The Morgan fingerprint density at radius 1 is 1.33 bits per heavy atom. The number of ether oxygens (including phenoxy) is 2. The van der Waals surface area contributed by atoms with Crippen molar-refractivity contribution in [2.45, 2.75) is 33.0 Å². The number of nitrogens with zero attached hydrogens (tertiary/aromatic N) is 3. The van der Waals surface area contributed by atoms with Crippen LogP contribution in [-0.4, -0.2) is 28.7 Å². The molecule has 1 heterocycles. The quantitative estimate of drug-likeness (QED) is 0.748. The van der Waals surface area contributed by atoms with E-state index in [-0.39, 0.29) is 0 Å². The van der Waals surface area contributed by atoms with Gasteiger partial charge in [-0.05, 0) is 24.6 Å². The van der Waals surface area contributed by atoms with Crippen LogP contribution in [0, 0.1) is 6.92 Å². The Labute approximate surface area is 124 Å². The maximum absolute atomic E-state index is 5.72. The number of hydrogen-bond donors (Lipinski definition) is 1. The summed E-state index contributed by atoms with van der Waals surface area (Å²) in [6, 6.07) is 8.03. The van der Waals surface area contributed by atoms with E-state index in [1.807, 2.05) is 35.9 Å². The molecule has 6 heteroatoms. The van der Waals surface area contributed by atoms with E-state index < -0.39 is 0 Å². The van der Waals surface area contributed by atoms with Gasteiger partial charge in [0, 0.05) is 26.6 Å². The lowest BCUT2D eigenvalue weighted by atomic mass is 10.2. The molecule has 0 saturated heterocycles. The maximum Gasteiger partial charge on any atom is 0.119 e. The lowest BCUT2D eigenvalue weighted by Gasteiger charge is -2.09. The molecule has 1 aromatic heterocycles. The molecule has 2 N–H and O–H groups in total. The largest absolute Gasteiger partial charge is 0.494 e. The van der Waals surface area contributed by atoms with Crippen molar-refractivity contribution in [2.75, 3.05) is 13.7 Å². The van der Waals surface area contributed by atoms with Crippen LogP contribution >= 0.6 is 0 Å². The van der Waals surface area contributed by atoms with Crippen LogP contribution in [0.25, 0.3) is 0 Å². The summed E-state index contributed by atoms with van der Waals surface area (Å²) in [5.41, 5.74) is 8.57. The third kappa shape index (κ3) is 4.27. The van der Waals surface area contributed by atoms with Gasteiger partial charge in [0.2, 0.25) is 0 Å². The third-order valence-electron chi connectivity index (χ3n) is 3.17. The van der Waals surface area contributed by atoms with Crippen LogP contribution in [0.2, 0.25) is 0 Å². The molecule has 0 spiro atoms. The minimum absolute atomic E-state index is 0.373. The minimum Gasteiger partial charge on any atom is -0.494 e. The van der Waals surface area contributed by atoms with E-state index in [9.17, 15) is 0 Å². The van der Waals surface area contributed by atoms with E-state index in [2.05, 4.69) is 10.3 Å². The van der Waals surface area contributed by atoms with Gasteiger partial charge in [-0.25, -0.2) is 4.68 Å². The van der Waals surface area contributed by atoms with Crippen molar-refractivity contribution in [1.82, 2.24) is 15.0 Å². The van der Waals surface area contributed by atoms with Gasteiger partial charge in [0.05, 0.1) is 18.9 Å². The van der Waals surface area contributed by atoms with Crippen LogP contribution in [0.1, 0.15) is 23.4 Å². The summed E-state index contributed by atoms with van der Waals surface area (Å²) in [5, 5.41) is 8.18. The predicted molar refractivity (Wildman–Crippen MR) is 79.9 cm³/mol. The third-order valence-corrected chi connectivity index (χ3v) is 3.17. The lowest BCUT2D eigenvalue weighted by molar-refractivity contribution is 0.174. The van der Waals surface area contributed by atoms with Gasteiger partial charge in [0.1, 0.15) is 11.4 Å². The first kappa shape index (κ1) is 15.5. The number of methoxy groups -OCH3 is 1. The summed E-state index contributed by atoms with van der Waals surface area (Å²) >= 11 is 0. The van der Waals surface area contributed by atoms with Crippen molar-refractivity contribution in [3.63, 3.8) is 0 Å². The summed E-state index contributed by atoms with van der Waals surface area (Å²) in [5.74, 6) is 0.897. The highest BCUT2D eigenvalue weighted by molar-refractivity contribution is 5.27. The van der Waals surface area contributed by atoms with Crippen LogP contribution in [0.4, 0.5) is 0 Å². The molecular weight excluding hydrogens is 268 g/mol. The SMILES string of the molecule is COCc1c(CN)nnn1CCCOc1cccc(C)c1. The van der Waals surface area contributed by atoms with E-state index >= 15 is 0 Å². The number of aryl methyl sites for hydroxylation is 2. The first-order valence-electron chi connectivity index (χ1n) is 7.04. The fraction of sp³-hybridized carbons (Fsp3) is 0.467. The second kappa shape index (κ2) is 7.75. The van der Waals surface area contributed by atoms with E-state index in [1.165, 1.54) is 5.56 Å². The van der Waals surface area contributed by atoms with E-state index in [4.69, 9.17) is 15.2 Å². The topological polar surface area (TPSA) is 75.2 Å². The molecule has 6 nitrogen and oxygen atoms in total. The van der Waals surface area contributed by atoms with Crippen molar-refractivity contribution >= 4 is 0 Å². The second-order valence-electron chi connectivity index (χ2n) is 4.86. The number of benzene rings is 1. The summed E-state index contributed by atoms with van der Waals surface area (Å²) in [4.78, 5) is 0. The Bertz CT molecular complexity index is 569. The molecule has 2 aromatic rings. The van der Waals surface area contributed by atoms with Crippen molar-refractivity contribution < 1.29 is 9.47 Å². The molecule has 0 amide bonds. The Kier molecular flexibility index (Phi) is 5.71. The van der Waals surface area contributed by atoms with Crippen molar-refractivity contribution in [3.05, 3.63) is 41.2 Å². The molecule has 0 aliphatic rings. The molecule has 2 rings (SSSR count). The zero-order valence-electron chi connectivity index (χ0n) is 12.6. The number of hydrogen-bond acceptors (Lipinski definition) is 5. The summed E-state index contributed by atoms with van der Waals surface area (Å²) in [7, 11) is 1.65. The van der Waals surface area contributed by atoms with Gasteiger partial charge in [0.25, 0.3) is 0 Å². The van der Waals surface area contributed by atoms with Crippen LogP contribution in [0.5, 0.6) is 5.75 Å². The predicted octanol–water partition coefficient (Wildman–Crippen LogP) is 1.66. The Morgan fingerprint density at radius 2 is 2.19 bits per heavy atom. The maximum atomic E-state index is 5.72. The van der Waals surface area contributed by atoms with Gasteiger partial charge in [-0.15, -0.1) is 5.10 Å². The summed E-state index contributed by atoms with van der Waals surface area (Å²) < 4.78 is 12.7. The molecule has 0 unspecified atom stereocenters. The Hall–Kier alpha value is -1.92. The zero-order chi connectivity index (χ0) is 15.1. The highest BCUT2D eigenvalue weighted by atomic mass is 16.5. The van der Waals surface area contributed by atoms with Crippen LogP contribution < -0.4 is 10.5 Å². The normalized spacial score (nSPS) is 10.8. The standard InChI is InChI=1S/C15H22N4O2/c1-12-5-3-6-13(9-12)21-8-4-7-19-15(11-20-2)14(10-16)17-18-19/h3,5-6,9H,4,7-8,10-11,16H2,1-2H3. The van der Waals surface area contributed by atoms with Crippen LogP contribution in [0.3, 0.4) is 0 Å². The van der Waals surface area contributed by atoms with E-state index in [0.717, 1.165) is 30.1 Å². The van der Waals surface area contributed by atoms with E-state index in [0.29, 0.717) is 19.8 Å². The zero-order valence-corrected chi connectivity index (χ0v) is 12.6. The fourth-order valence-electron chi connectivity index (χ4n) is 2.11. The molecule has 0 bridgehead atoms. The Morgan fingerprint density at radius 3 is 2.90 bits per heavy atom. The van der Waals surface area contributed by atoms with Gasteiger partial charge >= 0.3 is 0 Å². The van der Waals surface area contributed by atoms with E-state index in [1.54, 1.807) is 7.11 Å². The van der Waals surface area contributed by atoms with Crippen molar-refractivity contribution in [1.29, 1.82) is 0 Å². The molecule has 0 saturated carbocycles.